The zero-order chi connectivity index (χ0) is 15.5. The van der Waals surface area contributed by atoms with E-state index in [-0.39, 0.29) is 0 Å². The Kier molecular flexibility index (Phi) is 4.02. The molecule has 1 unspecified atom stereocenters. The molecule has 0 radical (unpaired) electrons. The van der Waals surface area contributed by atoms with Gasteiger partial charge in [-0.1, -0.05) is 60.7 Å². The van der Waals surface area contributed by atoms with Crippen LogP contribution in [0.25, 0.3) is 0 Å². The molecule has 0 saturated carbocycles. The van der Waals surface area contributed by atoms with E-state index in [0.717, 1.165) is 24.1 Å². The van der Waals surface area contributed by atoms with E-state index in [0.29, 0.717) is 0 Å². The quantitative estimate of drug-likeness (QED) is 0.592. The molecule has 0 bridgehead atoms. The minimum Gasteiger partial charge on any atom is -0.311 e. The second-order valence-electron chi connectivity index (χ2n) is 6.62. The molecule has 116 valence electrons. The van der Waals surface area contributed by atoms with Crippen LogP contribution in [0, 0.1) is 0 Å². The zero-order valence-electron chi connectivity index (χ0n) is 13.3. The van der Waals surface area contributed by atoms with Crippen LogP contribution in [0.4, 0.5) is 0 Å². The Morgan fingerprint density at radius 1 is 0.783 bits per heavy atom. The van der Waals surface area contributed by atoms with Gasteiger partial charge in [-0.3, -0.25) is 0 Å². The molecule has 0 saturated heterocycles. The van der Waals surface area contributed by atoms with Gasteiger partial charge in [-0.15, -0.1) is 11.3 Å². The summed E-state index contributed by atoms with van der Waals surface area (Å²) in [5.41, 5.74) is 4.52. The van der Waals surface area contributed by atoms with E-state index in [9.17, 15) is 0 Å². The van der Waals surface area contributed by atoms with Crippen LogP contribution in [0.5, 0.6) is 0 Å². The fourth-order valence-corrected chi connectivity index (χ4v) is 4.62. The van der Waals surface area contributed by atoms with Crippen LogP contribution in [-0.2, 0) is 26.1 Å². The van der Waals surface area contributed by atoms with E-state index in [2.05, 4.69) is 72.1 Å². The molecule has 1 aliphatic heterocycles. The van der Waals surface area contributed by atoms with Crippen LogP contribution in [0.15, 0.2) is 72.1 Å². The van der Waals surface area contributed by atoms with Gasteiger partial charge in [0.15, 0.2) is 0 Å². The molecule has 1 aliphatic rings. The first-order valence-electron chi connectivity index (χ1n) is 8.31. The van der Waals surface area contributed by atoms with Gasteiger partial charge < -0.3 is 4.48 Å². The van der Waals surface area contributed by atoms with Crippen LogP contribution in [0.3, 0.4) is 0 Å². The lowest BCUT2D eigenvalue weighted by Gasteiger charge is -2.42. The van der Waals surface area contributed by atoms with Crippen molar-refractivity contribution in [2.75, 3.05) is 6.54 Å². The normalized spacial score (nSPS) is 20.2. The Morgan fingerprint density at radius 2 is 1.57 bits per heavy atom. The van der Waals surface area contributed by atoms with Gasteiger partial charge in [0.2, 0.25) is 0 Å². The average molecular weight is 320 g/mol. The van der Waals surface area contributed by atoms with Crippen molar-refractivity contribution in [2.45, 2.75) is 26.1 Å². The van der Waals surface area contributed by atoms with E-state index >= 15 is 0 Å². The summed E-state index contributed by atoms with van der Waals surface area (Å²) < 4.78 is 1.14. The lowest BCUT2D eigenvalue weighted by molar-refractivity contribution is -0.967. The maximum Gasteiger partial charge on any atom is 0.114 e. The molecule has 23 heavy (non-hydrogen) atoms. The molecule has 2 aromatic carbocycles. The summed E-state index contributed by atoms with van der Waals surface area (Å²) in [5, 5.41) is 2.20. The van der Waals surface area contributed by atoms with Crippen molar-refractivity contribution in [3.63, 3.8) is 0 Å². The molecule has 1 nitrogen and oxygen atoms in total. The Balaban J connectivity index is 1.67. The minimum atomic E-state index is 1.12. The molecule has 0 fully saturated rings. The maximum absolute atomic E-state index is 2.32. The molecule has 0 N–H and O–H groups in total. The van der Waals surface area contributed by atoms with Crippen LogP contribution in [-0.4, -0.2) is 11.0 Å². The third kappa shape index (κ3) is 3.24. The number of fused-ring (bicyclic) bond motifs is 1. The number of thiophene rings is 1. The van der Waals surface area contributed by atoms with Gasteiger partial charge in [-0.2, -0.15) is 0 Å². The summed E-state index contributed by atoms with van der Waals surface area (Å²) >= 11 is 1.89. The Labute approximate surface area is 142 Å². The molecule has 2 heterocycles. The van der Waals surface area contributed by atoms with Gasteiger partial charge in [0, 0.05) is 17.5 Å². The van der Waals surface area contributed by atoms with Crippen molar-refractivity contribution in [3.05, 3.63) is 93.7 Å². The molecular weight excluding hydrogens is 298 g/mol. The van der Waals surface area contributed by atoms with Gasteiger partial charge >= 0.3 is 0 Å². The summed E-state index contributed by atoms with van der Waals surface area (Å²) in [6.45, 7) is 4.63. The third-order valence-corrected chi connectivity index (χ3v) is 5.77. The monoisotopic (exact) mass is 320 g/mol. The highest BCUT2D eigenvalue weighted by atomic mass is 32.1. The number of rotatable bonds is 4. The van der Waals surface area contributed by atoms with Gasteiger partial charge in [-0.05, 0) is 17.0 Å². The Bertz CT molecular complexity index is 764. The fourth-order valence-electron chi connectivity index (χ4n) is 3.78. The predicted molar refractivity (Wildman–Crippen MR) is 97.1 cm³/mol. The molecule has 3 aromatic rings. The number of benzene rings is 2. The molecule has 1 atom stereocenters. The van der Waals surface area contributed by atoms with Crippen molar-refractivity contribution in [1.82, 2.24) is 0 Å². The molecule has 0 spiro atoms. The number of quaternary nitrogens is 1. The summed E-state index contributed by atoms with van der Waals surface area (Å²) in [7, 11) is 0. The summed E-state index contributed by atoms with van der Waals surface area (Å²) in [6, 6.07) is 24.4. The number of hydrogen-bond donors (Lipinski definition) is 0. The number of nitrogens with zero attached hydrogens (tertiary/aromatic N) is 1. The van der Waals surface area contributed by atoms with Crippen molar-refractivity contribution >= 4 is 11.3 Å². The largest absolute Gasteiger partial charge is 0.311 e. The van der Waals surface area contributed by atoms with Crippen molar-refractivity contribution < 1.29 is 4.48 Å². The van der Waals surface area contributed by atoms with E-state index < -0.39 is 0 Å². The molecule has 2 heteroatoms. The molecule has 0 amide bonds. The van der Waals surface area contributed by atoms with Gasteiger partial charge in [0.25, 0.3) is 0 Å². The smallest absolute Gasteiger partial charge is 0.114 e. The van der Waals surface area contributed by atoms with Crippen molar-refractivity contribution in [1.29, 1.82) is 0 Å². The Hall–Kier alpha value is -1.90. The molecule has 4 rings (SSSR count). The second kappa shape index (κ2) is 6.31. The van der Waals surface area contributed by atoms with Crippen LogP contribution in [0.2, 0.25) is 0 Å². The molecule has 1 aromatic heterocycles. The fraction of sp³-hybridized carbons (Fsp3) is 0.238. The summed E-state index contributed by atoms with van der Waals surface area (Å²) in [6.07, 6.45) is 1.19. The molecule has 0 aliphatic carbocycles. The van der Waals surface area contributed by atoms with Gasteiger partial charge in [0.1, 0.15) is 19.6 Å². The first kappa shape index (κ1) is 14.7. The Morgan fingerprint density at radius 3 is 2.35 bits per heavy atom. The van der Waals surface area contributed by atoms with E-state index in [1.54, 1.807) is 5.56 Å². The SMILES string of the molecule is c1ccc(C[N+]2(Cc3cccs3)CCc3ccccc3C2)cc1. The van der Waals surface area contributed by atoms with Crippen LogP contribution in [0.1, 0.15) is 21.6 Å². The van der Waals surface area contributed by atoms with Gasteiger partial charge in [0.05, 0.1) is 11.4 Å². The highest BCUT2D eigenvalue weighted by molar-refractivity contribution is 7.09. The highest BCUT2D eigenvalue weighted by Crippen LogP contribution is 2.31. The topological polar surface area (TPSA) is 0 Å². The standard InChI is InChI=1S/C21H22NS/c1-2-7-18(8-3-1)15-22(17-21-11-6-14-23-21)13-12-19-9-4-5-10-20(19)16-22/h1-11,14H,12-13,15-17H2/q+1. The molecular formula is C21H22NS+. The number of hydrogen-bond acceptors (Lipinski definition) is 1. The van der Waals surface area contributed by atoms with Crippen molar-refractivity contribution in [2.24, 2.45) is 0 Å². The van der Waals surface area contributed by atoms with Gasteiger partial charge in [-0.25, -0.2) is 0 Å². The van der Waals surface area contributed by atoms with E-state index in [1.165, 1.54) is 29.0 Å². The minimum absolute atomic E-state index is 1.12. The zero-order valence-corrected chi connectivity index (χ0v) is 14.1. The predicted octanol–water partition coefficient (Wildman–Crippen LogP) is 5.02. The highest BCUT2D eigenvalue weighted by Gasteiger charge is 2.33. The van der Waals surface area contributed by atoms with Crippen molar-refractivity contribution in [3.8, 4) is 0 Å². The maximum atomic E-state index is 2.32. The van der Waals surface area contributed by atoms with E-state index in [4.69, 9.17) is 0 Å². The lowest BCUT2D eigenvalue weighted by atomic mass is 9.96. The first-order valence-corrected chi connectivity index (χ1v) is 9.19. The lowest BCUT2D eigenvalue weighted by Crippen LogP contribution is -2.49. The summed E-state index contributed by atoms with van der Waals surface area (Å²) in [4.78, 5) is 1.50. The third-order valence-electron chi connectivity index (χ3n) is 4.91. The first-order chi connectivity index (χ1) is 11.3. The second-order valence-corrected chi connectivity index (χ2v) is 7.66. The average Bonchev–Trinajstić information content (AvgIpc) is 3.08. The van der Waals surface area contributed by atoms with Crippen LogP contribution < -0.4 is 0 Å². The van der Waals surface area contributed by atoms with Crippen LogP contribution >= 0.6 is 11.3 Å². The summed E-state index contributed by atoms with van der Waals surface area (Å²) in [5.74, 6) is 0. The van der Waals surface area contributed by atoms with E-state index in [1.807, 2.05) is 11.3 Å².